The SMILES string of the molecule is COCC(N)C(=O)N(Cc1ccccc1)C(C)C.Cl. The molecule has 1 atom stereocenters. The van der Waals surface area contributed by atoms with Gasteiger partial charge in [-0.2, -0.15) is 0 Å². The van der Waals surface area contributed by atoms with Gasteiger partial charge in [0.2, 0.25) is 5.91 Å². The Morgan fingerprint density at radius 1 is 1.32 bits per heavy atom. The van der Waals surface area contributed by atoms with E-state index in [1.807, 2.05) is 44.2 Å². The summed E-state index contributed by atoms with van der Waals surface area (Å²) in [5.41, 5.74) is 6.90. The number of rotatable bonds is 6. The first kappa shape index (κ1) is 17.9. The highest BCUT2D eigenvalue weighted by Gasteiger charge is 2.23. The summed E-state index contributed by atoms with van der Waals surface area (Å²) >= 11 is 0. The number of amides is 1. The van der Waals surface area contributed by atoms with Crippen LogP contribution in [0.15, 0.2) is 30.3 Å². The molecule has 1 aromatic rings. The summed E-state index contributed by atoms with van der Waals surface area (Å²) in [5, 5.41) is 0. The van der Waals surface area contributed by atoms with Crippen LogP contribution in [-0.2, 0) is 16.1 Å². The van der Waals surface area contributed by atoms with E-state index in [0.29, 0.717) is 6.54 Å². The minimum absolute atomic E-state index is 0. The van der Waals surface area contributed by atoms with E-state index in [4.69, 9.17) is 10.5 Å². The van der Waals surface area contributed by atoms with Gasteiger partial charge in [0, 0.05) is 19.7 Å². The number of methoxy groups -OCH3 is 1. The number of ether oxygens (including phenoxy) is 1. The molecule has 0 spiro atoms. The molecule has 19 heavy (non-hydrogen) atoms. The quantitative estimate of drug-likeness (QED) is 0.868. The van der Waals surface area contributed by atoms with Crippen molar-refractivity contribution < 1.29 is 9.53 Å². The Morgan fingerprint density at radius 3 is 2.37 bits per heavy atom. The van der Waals surface area contributed by atoms with E-state index >= 15 is 0 Å². The van der Waals surface area contributed by atoms with Crippen molar-refractivity contribution in [2.45, 2.75) is 32.5 Å². The van der Waals surface area contributed by atoms with E-state index in [1.165, 1.54) is 0 Å². The molecule has 2 N–H and O–H groups in total. The Labute approximate surface area is 121 Å². The third kappa shape index (κ3) is 5.59. The second-order valence-electron chi connectivity index (χ2n) is 4.61. The van der Waals surface area contributed by atoms with Crippen molar-refractivity contribution in [3.8, 4) is 0 Å². The summed E-state index contributed by atoms with van der Waals surface area (Å²) < 4.78 is 4.93. The van der Waals surface area contributed by atoms with Crippen LogP contribution in [0.5, 0.6) is 0 Å². The molecule has 0 aliphatic carbocycles. The molecule has 0 aromatic heterocycles. The van der Waals surface area contributed by atoms with E-state index < -0.39 is 6.04 Å². The number of benzene rings is 1. The molecule has 0 heterocycles. The molecule has 0 saturated heterocycles. The molecular formula is C14H23ClN2O2. The van der Waals surface area contributed by atoms with Gasteiger partial charge >= 0.3 is 0 Å². The number of halogens is 1. The van der Waals surface area contributed by atoms with Crippen molar-refractivity contribution >= 4 is 18.3 Å². The molecular weight excluding hydrogens is 264 g/mol. The van der Waals surface area contributed by atoms with Crippen LogP contribution in [0.4, 0.5) is 0 Å². The molecule has 0 fully saturated rings. The summed E-state index contributed by atoms with van der Waals surface area (Å²) in [6.07, 6.45) is 0. The van der Waals surface area contributed by atoms with Crippen LogP contribution in [-0.4, -0.2) is 36.6 Å². The van der Waals surface area contributed by atoms with Crippen molar-refractivity contribution in [1.29, 1.82) is 0 Å². The fraction of sp³-hybridized carbons (Fsp3) is 0.500. The molecule has 1 unspecified atom stereocenters. The maximum absolute atomic E-state index is 12.2. The standard InChI is InChI=1S/C14H22N2O2.ClH/c1-11(2)16(14(17)13(15)10-18-3)9-12-7-5-4-6-8-12;/h4-8,11,13H,9-10,15H2,1-3H3;1H. The van der Waals surface area contributed by atoms with Crippen LogP contribution in [0.1, 0.15) is 19.4 Å². The smallest absolute Gasteiger partial charge is 0.242 e. The summed E-state index contributed by atoms with van der Waals surface area (Å²) in [6, 6.07) is 9.42. The van der Waals surface area contributed by atoms with Crippen LogP contribution in [0.25, 0.3) is 0 Å². The minimum atomic E-state index is -0.596. The highest BCUT2D eigenvalue weighted by molar-refractivity contribution is 5.85. The highest BCUT2D eigenvalue weighted by atomic mass is 35.5. The van der Waals surface area contributed by atoms with Gasteiger partial charge in [-0.05, 0) is 19.4 Å². The topological polar surface area (TPSA) is 55.6 Å². The molecule has 0 radical (unpaired) electrons. The molecule has 5 heteroatoms. The van der Waals surface area contributed by atoms with Gasteiger partial charge in [-0.3, -0.25) is 4.79 Å². The largest absolute Gasteiger partial charge is 0.383 e. The van der Waals surface area contributed by atoms with E-state index in [-0.39, 0.29) is 31.0 Å². The van der Waals surface area contributed by atoms with E-state index in [1.54, 1.807) is 12.0 Å². The van der Waals surface area contributed by atoms with Gasteiger partial charge < -0.3 is 15.4 Å². The first-order chi connectivity index (χ1) is 8.56. The number of nitrogens with two attached hydrogens (primary N) is 1. The monoisotopic (exact) mass is 286 g/mol. The van der Waals surface area contributed by atoms with Gasteiger partial charge in [0.1, 0.15) is 6.04 Å². The van der Waals surface area contributed by atoms with Gasteiger partial charge in [-0.15, -0.1) is 12.4 Å². The van der Waals surface area contributed by atoms with Gasteiger partial charge in [0.15, 0.2) is 0 Å². The normalized spacial score (nSPS) is 11.8. The van der Waals surface area contributed by atoms with E-state index in [2.05, 4.69) is 0 Å². The zero-order valence-electron chi connectivity index (χ0n) is 11.7. The molecule has 0 saturated carbocycles. The van der Waals surface area contributed by atoms with Crippen molar-refractivity contribution in [1.82, 2.24) is 4.90 Å². The Morgan fingerprint density at radius 2 is 1.89 bits per heavy atom. The van der Waals surface area contributed by atoms with Crippen LogP contribution >= 0.6 is 12.4 Å². The summed E-state index contributed by atoms with van der Waals surface area (Å²) in [5.74, 6) is -0.0734. The number of carbonyl (C=O) groups excluding carboxylic acids is 1. The molecule has 108 valence electrons. The van der Waals surface area contributed by atoms with Gasteiger partial charge in [-0.1, -0.05) is 30.3 Å². The fourth-order valence-electron chi connectivity index (χ4n) is 1.76. The number of carbonyl (C=O) groups is 1. The summed E-state index contributed by atoms with van der Waals surface area (Å²) in [6.45, 7) is 4.80. The number of nitrogens with zero attached hydrogens (tertiary/aromatic N) is 1. The highest BCUT2D eigenvalue weighted by Crippen LogP contribution is 2.09. The van der Waals surface area contributed by atoms with Crippen molar-refractivity contribution in [3.05, 3.63) is 35.9 Å². The van der Waals surface area contributed by atoms with Crippen LogP contribution in [0, 0.1) is 0 Å². The molecule has 1 amide bonds. The van der Waals surface area contributed by atoms with Gasteiger partial charge in [-0.25, -0.2) is 0 Å². The van der Waals surface area contributed by atoms with Crippen LogP contribution in [0.2, 0.25) is 0 Å². The average Bonchev–Trinajstić information content (AvgIpc) is 2.36. The molecule has 1 aromatic carbocycles. The molecule has 1 rings (SSSR count). The third-order valence-corrected chi connectivity index (χ3v) is 2.77. The fourth-order valence-corrected chi connectivity index (χ4v) is 1.76. The molecule has 0 aliphatic rings. The van der Waals surface area contributed by atoms with Gasteiger partial charge in [0.25, 0.3) is 0 Å². The first-order valence-electron chi connectivity index (χ1n) is 6.15. The Balaban J connectivity index is 0.00000324. The Hall–Kier alpha value is -1.10. The van der Waals surface area contributed by atoms with Gasteiger partial charge in [0.05, 0.1) is 6.61 Å². The lowest BCUT2D eigenvalue weighted by molar-refractivity contribution is -0.136. The molecule has 4 nitrogen and oxygen atoms in total. The van der Waals surface area contributed by atoms with Crippen LogP contribution < -0.4 is 5.73 Å². The predicted octanol–water partition coefficient (Wildman–Crippen LogP) is 1.82. The second-order valence-corrected chi connectivity index (χ2v) is 4.61. The van der Waals surface area contributed by atoms with Crippen molar-refractivity contribution in [2.75, 3.05) is 13.7 Å². The second kappa shape index (κ2) is 8.91. The lowest BCUT2D eigenvalue weighted by atomic mass is 10.1. The summed E-state index contributed by atoms with van der Waals surface area (Å²) in [7, 11) is 1.55. The minimum Gasteiger partial charge on any atom is -0.383 e. The lowest BCUT2D eigenvalue weighted by Crippen LogP contribution is -2.48. The Bertz CT molecular complexity index is 371. The lowest BCUT2D eigenvalue weighted by Gasteiger charge is -2.29. The predicted molar refractivity (Wildman–Crippen MR) is 79.2 cm³/mol. The average molecular weight is 287 g/mol. The van der Waals surface area contributed by atoms with E-state index in [9.17, 15) is 4.79 Å². The maximum Gasteiger partial charge on any atom is 0.242 e. The molecule has 0 aliphatic heterocycles. The first-order valence-corrected chi connectivity index (χ1v) is 6.15. The van der Waals surface area contributed by atoms with Crippen molar-refractivity contribution in [3.63, 3.8) is 0 Å². The number of hydrogen-bond acceptors (Lipinski definition) is 3. The zero-order chi connectivity index (χ0) is 13.5. The third-order valence-electron chi connectivity index (χ3n) is 2.77. The van der Waals surface area contributed by atoms with Crippen LogP contribution in [0.3, 0.4) is 0 Å². The van der Waals surface area contributed by atoms with E-state index in [0.717, 1.165) is 5.56 Å². The van der Waals surface area contributed by atoms with Crippen molar-refractivity contribution in [2.24, 2.45) is 5.73 Å². The summed E-state index contributed by atoms with van der Waals surface area (Å²) in [4.78, 5) is 14.0. The number of hydrogen-bond donors (Lipinski definition) is 1. The Kier molecular flexibility index (Phi) is 8.39. The molecule has 0 bridgehead atoms. The maximum atomic E-state index is 12.2. The zero-order valence-corrected chi connectivity index (χ0v) is 12.5.